The third kappa shape index (κ3) is 8.47. The molecule has 0 bridgehead atoms. The minimum absolute atomic E-state index is 0.0200. The molecule has 0 spiro atoms. The van der Waals surface area contributed by atoms with Gasteiger partial charge in [0.2, 0.25) is 5.91 Å². The lowest BCUT2D eigenvalue weighted by atomic mass is 10.0. The van der Waals surface area contributed by atoms with Crippen molar-refractivity contribution in [2.45, 2.75) is 44.0 Å². The summed E-state index contributed by atoms with van der Waals surface area (Å²) in [5, 5.41) is 27.0. The Morgan fingerprint density at radius 1 is 1.05 bits per heavy atom. The molecule has 1 aromatic heterocycles. The number of rotatable bonds is 10. The number of benzene rings is 2. The molecule has 1 unspecified atom stereocenters. The molecular weight excluding hydrogens is 588 g/mol. The van der Waals surface area contributed by atoms with E-state index in [1.54, 1.807) is 0 Å². The van der Waals surface area contributed by atoms with Gasteiger partial charge in [0.15, 0.2) is 11.9 Å². The maximum Gasteiger partial charge on any atom is 0.416 e. The highest BCUT2D eigenvalue weighted by Gasteiger charge is 2.39. The second-order valence-electron chi connectivity index (χ2n) is 8.70. The predicted molar refractivity (Wildman–Crippen MR) is 132 cm³/mol. The molecule has 1 heterocycles. The number of hydrogen-bond acceptors (Lipinski definition) is 5. The molecule has 2 atom stereocenters. The Labute approximate surface area is 232 Å². The van der Waals surface area contributed by atoms with Crippen LogP contribution in [-0.4, -0.2) is 55.4 Å². The van der Waals surface area contributed by atoms with E-state index in [9.17, 15) is 45.8 Å². The van der Waals surface area contributed by atoms with Gasteiger partial charge in [-0.2, -0.15) is 26.3 Å². The van der Waals surface area contributed by atoms with Crippen LogP contribution < -0.4 is 16.3 Å². The zero-order valence-corrected chi connectivity index (χ0v) is 21.5. The average Bonchev–Trinajstić information content (AvgIpc) is 3.17. The zero-order valence-electron chi connectivity index (χ0n) is 20.7. The summed E-state index contributed by atoms with van der Waals surface area (Å²) in [6.07, 6.45) is -14.3. The lowest BCUT2D eigenvalue weighted by Gasteiger charge is -2.20. The van der Waals surface area contributed by atoms with Crippen molar-refractivity contribution in [3.63, 3.8) is 0 Å². The summed E-state index contributed by atoms with van der Waals surface area (Å²) in [5.74, 6) is -1.28. The van der Waals surface area contributed by atoms with E-state index in [-0.39, 0.29) is 34.9 Å². The maximum absolute atomic E-state index is 13.2. The van der Waals surface area contributed by atoms with Crippen molar-refractivity contribution in [2.24, 2.45) is 0 Å². The molecule has 0 fully saturated rings. The Bertz CT molecular complexity index is 1440. The molecule has 0 saturated carbocycles. The predicted octanol–water partition coefficient (Wildman–Crippen LogP) is 3.82. The monoisotopic (exact) mass is 609 g/mol. The van der Waals surface area contributed by atoms with Crippen LogP contribution in [0.3, 0.4) is 0 Å². The zero-order chi connectivity index (χ0) is 30.5. The highest BCUT2D eigenvalue weighted by atomic mass is 35.5. The number of nitrogens with zero attached hydrogens (tertiary/aromatic N) is 3. The first kappa shape index (κ1) is 31.5. The van der Waals surface area contributed by atoms with Crippen LogP contribution in [0.1, 0.15) is 23.6 Å². The van der Waals surface area contributed by atoms with Crippen LogP contribution in [-0.2, 0) is 24.1 Å². The molecule has 3 rings (SSSR count). The minimum atomic E-state index is -5.07. The van der Waals surface area contributed by atoms with Crippen molar-refractivity contribution in [3.8, 4) is 11.4 Å². The van der Waals surface area contributed by atoms with Gasteiger partial charge in [-0.25, -0.2) is 14.3 Å². The number of nitrogens with one attached hydrogen (secondary N) is 2. The van der Waals surface area contributed by atoms with Gasteiger partial charge < -0.3 is 20.8 Å². The molecule has 2 aromatic carbocycles. The second kappa shape index (κ2) is 12.6. The minimum Gasteiger partial charge on any atom is -0.465 e. The normalized spacial score (nSPS) is 13.5. The van der Waals surface area contributed by atoms with Crippen LogP contribution in [0.5, 0.6) is 0 Å². The van der Waals surface area contributed by atoms with Gasteiger partial charge in [0.05, 0.1) is 18.2 Å². The van der Waals surface area contributed by atoms with Gasteiger partial charge in [0.1, 0.15) is 6.54 Å². The first-order valence-electron chi connectivity index (χ1n) is 11.7. The van der Waals surface area contributed by atoms with Crippen LogP contribution in [0.25, 0.3) is 11.4 Å². The standard InChI is InChI=1S/C24H22ClF6N5O5/c25-16-6-4-13(5-7-16)20-34-36(22(41)35(20)11-18(37)24(29,30)31)12-19(38)33-17(8-9-32-21(39)40)14-2-1-3-15(10-14)23(26,27)28/h1-7,10,17-18,32,37H,8-9,11-12H2,(H,33,38)(H,39,40)/t17?,18-/m0/s1. The van der Waals surface area contributed by atoms with Crippen LogP contribution in [0.2, 0.25) is 5.02 Å². The summed E-state index contributed by atoms with van der Waals surface area (Å²) in [4.78, 5) is 36.7. The molecule has 0 saturated heterocycles. The highest BCUT2D eigenvalue weighted by molar-refractivity contribution is 6.30. The lowest BCUT2D eigenvalue weighted by molar-refractivity contribution is -0.207. The number of carbonyl (C=O) groups excluding carboxylic acids is 1. The largest absolute Gasteiger partial charge is 0.465 e. The summed E-state index contributed by atoms with van der Waals surface area (Å²) >= 11 is 5.84. The summed E-state index contributed by atoms with van der Waals surface area (Å²) < 4.78 is 79.9. The number of carboxylic acid groups (broad SMARTS) is 1. The van der Waals surface area contributed by atoms with Gasteiger partial charge in [-0.1, -0.05) is 23.7 Å². The molecule has 0 aliphatic heterocycles. The molecular formula is C24H22ClF6N5O5. The van der Waals surface area contributed by atoms with Crippen molar-refractivity contribution in [1.29, 1.82) is 0 Å². The number of carbonyl (C=O) groups is 2. The third-order valence-corrected chi connectivity index (χ3v) is 5.96. The van der Waals surface area contributed by atoms with Gasteiger partial charge in [-0.05, 0) is 48.4 Å². The SMILES string of the molecule is O=C(O)NCCC(NC(=O)Cn1nc(-c2ccc(Cl)cc2)n(C[C@H](O)C(F)(F)F)c1=O)c1cccc(C(F)(F)F)c1. The Hall–Kier alpha value is -4.05. The second-order valence-corrected chi connectivity index (χ2v) is 9.14. The van der Waals surface area contributed by atoms with Crippen molar-refractivity contribution in [3.05, 3.63) is 75.2 Å². The summed E-state index contributed by atoms with van der Waals surface area (Å²) in [7, 11) is 0. The topological polar surface area (TPSA) is 138 Å². The van der Waals surface area contributed by atoms with Gasteiger partial charge in [0.25, 0.3) is 0 Å². The molecule has 10 nitrogen and oxygen atoms in total. The van der Waals surface area contributed by atoms with Gasteiger partial charge in [0, 0.05) is 17.1 Å². The molecule has 0 aliphatic rings. The van der Waals surface area contributed by atoms with Crippen molar-refractivity contribution in [1.82, 2.24) is 25.0 Å². The quantitative estimate of drug-likeness (QED) is 0.258. The summed E-state index contributed by atoms with van der Waals surface area (Å²) in [6, 6.07) is 8.25. The van der Waals surface area contributed by atoms with Crippen LogP contribution in [0.15, 0.2) is 53.3 Å². The van der Waals surface area contributed by atoms with E-state index >= 15 is 0 Å². The lowest BCUT2D eigenvalue weighted by Crippen LogP contribution is -2.39. The Balaban J connectivity index is 1.92. The number of amides is 2. The Morgan fingerprint density at radius 2 is 1.71 bits per heavy atom. The van der Waals surface area contributed by atoms with E-state index in [0.717, 1.165) is 18.2 Å². The first-order chi connectivity index (χ1) is 19.1. The highest BCUT2D eigenvalue weighted by Crippen LogP contribution is 2.31. The number of hydrogen-bond donors (Lipinski definition) is 4. The van der Waals surface area contributed by atoms with E-state index in [2.05, 4.69) is 10.4 Å². The number of aromatic nitrogens is 3. The van der Waals surface area contributed by atoms with Crippen molar-refractivity contribution < 1.29 is 46.1 Å². The van der Waals surface area contributed by atoms with E-state index in [0.29, 0.717) is 9.25 Å². The number of alkyl halides is 6. The average molecular weight is 610 g/mol. The fraction of sp³-hybridized carbons (Fsp3) is 0.333. The van der Waals surface area contributed by atoms with Gasteiger partial charge >= 0.3 is 24.1 Å². The molecule has 3 aromatic rings. The molecule has 222 valence electrons. The Morgan fingerprint density at radius 3 is 2.29 bits per heavy atom. The number of halogens is 7. The van der Waals surface area contributed by atoms with E-state index in [1.165, 1.54) is 30.3 Å². The Kier molecular flexibility index (Phi) is 9.70. The fourth-order valence-electron chi connectivity index (χ4n) is 3.75. The van der Waals surface area contributed by atoms with E-state index < -0.39 is 60.8 Å². The van der Waals surface area contributed by atoms with Crippen LogP contribution in [0, 0.1) is 0 Å². The van der Waals surface area contributed by atoms with Gasteiger partial charge in [-0.3, -0.25) is 9.36 Å². The van der Waals surface area contributed by atoms with Crippen molar-refractivity contribution in [2.75, 3.05) is 6.54 Å². The molecule has 0 aliphatic carbocycles. The van der Waals surface area contributed by atoms with Crippen molar-refractivity contribution >= 4 is 23.6 Å². The van der Waals surface area contributed by atoms with Crippen LogP contribution >= 0.6 is 11.6 Å². The molecule has 4 N–H and O–H groups in total. The summed E-state index contributed by atoms with van der Waals surface area (Å²) in [5.41, 5.74) is -2.09. The van der Waals surface area contributed by atoms with Crippen LogP contribution in [0.4, 0.5) is 31.1 Å². The molecule has 2 amide bonds. The maximum atomic E-state index is 13.2. The smallest absolute Gasteiger partial charge is 0.416 e. The van der Waals surface area contributed by atoms with E-state index in [4.69, 9.17) is 16.7 Å². The molecule has 17 heteroatoms. The first-order valence-corrected chi connectivity index (χ1v) is 12.1. The molecule has 41 heavy (non-hydrogen) atoms. The fourth-order valence-corrected chi connectivity index (χ4v) is 3.88. The number of aliphatic hydroxyl groups is 1. The third-order valence-electron chi connectivity index (χ3n) is 5.71. The van der Waals surface area contributed by atoms with Gasteiger partial charge in [-0.15, -0.1) is 5.10 Å². The summed E-state index contributed by atoms with van der Waals surface area (Å²) in [6.45, 7) is -2.37. The molecule has 0 radical (unpaired) electrons. The van der Waals surface area contributed by atoms with E-state index in [1.807, 2.05) is 5.32 Å². The number of aliphatic hydroxyl groups excluding tert-OH is 1.